The number of thioether (sulfide) groups is 1. The number of nitrogens with one attached hydrogen (secondary N) is 2. The minimum atomic E-state index is -0.387. The van der Waals surface area contributed by atoms with Gasteiger partial charge in [0.1, 0.15) is 6.04 Å². The highest BCUT2D eigenvalue weighted by Crippen LogP contribution is 2.16. The fraction of sp³-hybridized carbons (Fsp3) is 0.333. The second-order valence-corrected chi connectivity index (χ2v) is 5.77. The summed E-state index contributed by atoms with van der Waals surface area (Å²) in [5, 5.41) is 5.33. The summed E-state index contributed by atoms with van der Waals surface area (Å²) in [5.74, 6) is 0.403. The summed E-state index contributed by atoms with van der Waals surface area (Å²) < 4.78 is 1.05. The van der Waals surface area contributed by atoms with Crippen molar-refractivity contribution in [3.63, 3.8) is 0 Å². The molecular formula is C12H13BrN2O2S. The molecule has 1 heterocycles. The van der Waals surface area contributed by atoms with E-state index in [0.717, 1.165) is 28.2 Å². The van der Waals surface area contributed by atoms with Gasteiger partial charge < -0.3 is 10.6 Å². The Bertz CT molecular complexity index is 467. The van der Waals surface area contributed by atoms with E-state index in [-0.39, 0.29) is 17.2 Å². The Morgan fingerprint density at radius 2 is 2.28 bits per heavy atom. The molecule has 2 amide bonds. The summed E-state index contributed by atoms with van der Waals surface area (Å²) in [5.41, 5.74) is 1.16. The van der Waals surface area contributed by atoms with Crippen LogP contribution in [0.15, 0.2) is 28.7 Å². The number of hydrogen-bond acceptors (Lipinski definition) is 3. The summed E-state index contributed by atoms with van der Waals surface area (Å²) in [6.45, 7) is 0.568. The Hall–Kier alpha value is -1.01. The summed E-state index contributed by atoms with van der Waals surface area (Å²) in [6.07, 6.45) is 0.765. The molecule has 0 radical (unpaired) electrons. The first-order valence-electron chi connectivity index (χ1n) is 5.61. The van der Waals surface area contributed by atoms with Crippen molar-refractivity contribution in [3.05, 3.63) is 34.3 Å². The largest absolute Gasteiger partial charge is 0.354 e. The molecule has 1 atom stereocenters. The molecule has 1 fully saturated rings. The molecule has 0 saturated carbocycles. The van der Waals surface area contributed by atoms with Crippen molar-refractivity contribution in [1.29, 1.82) is 0 Å². The van der Waals surface area contributed by atoms with Crippen LogP contribution >= 0.6 is 27.7 Å². The van der Waals surface area contributed by atoms with Crippen LogP contribution < -0.4 is 10.6 Å². The van der Waals surface area contributed by atoms with Crippen LogP contribution in [0.1, 0.15) is 5.56 Å². The van der Waals surface area contributed by atoms with Crippen LogP contribution in [0.25, 0.3) is 0 Å². The second-order valence-electron chi connectivity index (χ2n) is 3.93. The first-order valence-corrected chi connectivity index (χ1v) is 7.39. The molecule has 18 heavy (non-hydrogen) atoms. The van der Waals surface area contributed by atoms with Crippen molar-refractivity contribution in [3.8, 4) is 0 Å². The SMILES string of the molecule is O=C1NC(C(=O)NCCc2ccccc2Br)CS1. The van der Waals surface area contributed by atoms with Crippen LogP contribution in [0.5, 0.6) is 0 Å². The number of hydrogen-bond donors (Lipinski definition) is 2. The zero-order chi connectivity index (χ0) is 13.0. The average Bonchev–Trinajstić information content (AvgIpc) is 2.78. The minimum Gasteiger partial charge on any atom is -0.354 e. The molecule has 0 aromatic heterocycles. The van der Waals surface area contributed by atoms with Crippen LogP contribution in [0, 0.1) is 0 Å². The number of carbonyl (C=O) groups excluding carboxylic acids is 2. The molecule has 1 aromatic carbocycles. The van der Waals surface area contributed by atoms with Gasteiger partial charge in [0.25, 0.3) is 5.24 Å². The molecular weight excluding hydrogens is 316 g/mol. The van der Waals surface area contributed by atoms with E-state index < -0.39 is 0 Å². The molecule has 0 spiro atoms. The predicted molar refractivity (Wildman–Crippen MR) is 75.6 cm³/mol. The van der Waals surface area contributed by atoms with Gasteiger partial charge in [-0.2, -0.15) is 0 Å². The number of halogens is 1. The molecule has 1 aliphatic heterocycles. The maximum Gasteiger partial charge on any atom is 0.279 e. The first kappa shape index (κ1) is 13.4. The normalized spacial score (nSPS) is 18.5. The monoisotopic (exact) mass is 328 g/mol. The molecule has 1 aromatic rings. The van der Waals surface area contributed by atoms with E-state index in [9.17, 15) is 9.59 Å². The molecule has 96 valence electrons. The Morgan fingerprint density at radius 1 is 1.50 bits per heavy atom. The third kappa shape index (κ3) is 3.49. The minimum absolute atomic E-state index is 0.111. The molecule has 6 heteroatoms. The van der Waals surface area contributed by atoms with E-state index in [1.54, 1.807) is 0 Å². The molecule has 0 bridgehead atoms. The van der Waals surface area contributed by atoms with Gasteiger partial charge in [0.15, 0.2) is 0 Å². The highest BCUT2D eigenvalue weighted by atomic mass is 79.9. The van der Waals surface area contributed by atoms with Gasteiger partial charge in [-0.15, -0.1) is 0 Å². The van der Waals surface area contributed by atoms with Crippen LogP contribution in [0.4, 0.5) is 4.79 Å². The zero-order valence-corrected chi connectivity index (χ0v) is 12.0. The van der Waals surface area contributed by atoms with E-state index in [2.05, 4.69) is 26.6 Å². The highest BCUT2D eigenvalue weighted by molar-refractivity contribution is 9.10. The topological polar surface area (TPSA) is 58.2 Å². The van der Waals surface area contributed by atoms with Crippen LogP contribution in [0.3, 0.4) is 0 Å². The van der Waals surface area contributed by atoms with Gasteiger partial charge in [0.2, 0.25) is 5.91 Å². The quantitative estimate of drug-likeness (QED) is 0.887. The number of benzene rings is 1. The lowest BCUT2D eigenvalue weighted by atomic mass is 10.1. The van der Waals surface area contributed by atoms with Crippen LogP contribution in [0.2, 0.25) is 0 Å². The lowest BCUT2D eigenvalue weighted by Crippen LogP contribution is -2.43. The fourth-order valence-corrected chi connectivity index (χ4v) is 2.93. The van der Waals surface area contributed by atoms with Crippen molar-refractivity contribution in [2.24, 2.45) is 0 Å². The number of carbonyl (C=O) groups is 2. The van der Waals surface area contributed by atoms with Gasteiger partial charge in [-0.25, -0.2) is 0 Å². The zero-order valence-electron chi connectivity index (χ0n) is 9.61. The van der Waals surface area contributed by atoms with Gasteiger partial charge in [-0.05, 0) is 18.1 Å². The summed E-state index contributed by atoms with van der Waals surface area (Å²) in [7, 11) is 0. The standard InChI is InChI=1S/C12H13BrN2O2S/c13-9-4-2-1-3-8(9)5-6-14-11(16)10-7-18-12(17)15-10/h1-4,10H,5-7H2,(H,14,16)(H,15,17). The van der Waals surface area contributed by atoms with E-state index in [1.165, 1.54) is 0 Å². The second kappa shape index (κ2) is 6.24. The van der Waals surface area contributed by atoms with Crippen molar-refractivity contribution in [2.75, 3.05) is 12.3 Å². The Morgan fingerprint density at radius 3 is 2.94 bits per heavy atom. The maximum atomic E-state index is 11.7. The van der Waals surface area contributed by atoms with E-state index >= 15 is 0 Å². The summed E-state index contributed by atoms with van der Waals surface area (Å²) >= 11 is 4.61. The maximum absolute atomic E-state index is 11.7. The van der Waals surface area contributed by atoms with E-state index in [1.807, 2.05) is 24.3 Å². The molecule has 1 unspecified atom stereocenters. The highest BCUT2D eigenvalue weighted by Gasteiger charge is 2.27. The number of amides is 2. The van der Waals surface area contributed by atoms with Gasteiger partial charge in [-0.3, -0.25) is 9.59 Å². The van der Waals surface area contributed by atoms with Crippen molar-refractivity contribution in [1.82, 2.24) is 10.6 Å². The van der Waals surface area contributed by atoms with Crippen LogP contribution in [-0.4, -0.2) is 29.5 Å². The fourth-order valence-electron chi connectivity index (χ4n) is 1.67. The van der Waals surface area contributed by atoms with Crippen molar-refractivity contribution in [2.45, 2.75) is 12.5 Å². The van der Waals surface area contributed by atoms with Crippen molar-refractivity contribution >= 4 is 38.8 Å². The van der Waals surface area contributed by atoms with E-state index in [0.29, 0.717) is 12.3 Å². The van der Waals surface area contributed by atoms with Gasteiger partial charge in [-0.1, -0.05) is 45.9 Å². The third-order valence-electron chi connectivity index (χ3n) is 2.64. The van der Waals surface area contributed by atoms with Gasteiger partial charge in [0, 0.05) is 16.8 Å². The third-order valence-corrected chi connectivity index (χ3v) is 4.29. The Balaban J connectivity index is 1.77. The first-order chi connectivity index (χ1) is 8.66. The summed E-state index contributed by atoms with van der Waals surface area (Å²) in [6, 6.07) is 7.53. The molecule has 1 aliphatic rings. The van der Waals surface area contributed by atoms with Crippen molar-refractivity contribution < 1.29 is 9.59 Å². The number of rotatable bonds is 4. The molecule has 2 rings (SSSR count). The van der Waals surface area contributed by atoms with Gasteiger partial charge in [0.05, 0.1) is 0 Å². The average molecular weight is 329 g/mol. The smallest absolute Gasteiger partial charge is 0.279 e. The molecule has 0 aliphatic carbocycles. The molecule has 1 saturated heterocycles. The Kier molecular flexibility index (Phi) is 4.66. The molecule has 2 N–H and O–H groups in total. The predicted octanol–water partition coefficient (Wildman–Crippen LogP) is 1.93. The lowest BCUT2D eigenvalue weighted by molar-refractivity contribution is -0.122. The van der Waals surface area contributed by atoms with Crippen LogP contribution in [-0.2, 0) is 11.2 Å². The summed E-state index contributed by atoms with van der Waals surface area (Å²) in [4.78, 5) is 22.7. The Labute approximate surface area is 118 Å². The molecule has 4 nitrogen and oxygen atoms in total. The van der Waals surface area contributed by atoms with E-state index in [4.69, 9.17) is 0 Å². The van der Waals surface area contributed by atoms with Gasteiger partial charge >= 0.3 is 0 Å². The lowest BCUT2D eigenvalue weighted by Gasteiger charge is -2.10.